The smallest absolute Gasteiger partial charge is 0.258 e. The summed E-state index contributed by atoms with van der Waals surface area (Å²) in [6, 6.07) is 17.4. The van der Waals surface area contributed by atoms with Gasteiger partial charge in [0.15, 0.2) is 0 Å². The van der Waals surface area contributed by atoms with Gasteiger partial charge in [0, 0.05) is 36.7 Å². The Labute approximate surface area is 163 Å². The van der Waals surface area contributed by atoms with Gasteiger partial charge in [-0.25, -0.2) is 13.1 Å². The molecule has 2 aromatic carbocycles. The molecule has 142 valence electrons. The number of para-hydroxylation sites is 1. The van der Waals surface area contributed by atoms with Crippen molar-refractivity contribution in [1.82, 2.24) is 9.71 Å². The summed E-state index contributed by atoms with van der Waals surface area (Å²) in [6.07, 6.45) is 4.07. The zero-order valence-electron chi connectivity index (χ0n) is 15.1. The summed E-state index contributed by atoms with van der Waals surface area (Å²) in [5, 5.41) is 0. The van der Waals surface area contributed by atoms with Crippen LogP contribution in [0.5, 0.6) is 0 Å². The van der Waals surface area contributed by atoms with E-state index in [0.717, 1.165) is 23.2 Å². The second-order valence-corrected chi connectivity index (χ2v) is 8.31. The Bertz CT molecular complexity index is 1100. The predicted octanol–water partition coefficient (Wildman–Crippen LogP) is 2.76. The molecule has 0 unspecified atom stereocenters. The normalized spacial score (nSPS) is 13.4. The molecule has 1 amide bonds. The molecule has 1 aromatic heterocycles. The fourth-order valence-electron chi connectivity index (χ4n) is 3.25. The topological polar surface area (TPSA) is 79.4 Å². The number of hydrogen-bond acceptors (Lipinski definition) is 4. The molecule has 7 heteroatoms. The second-order valence-electron chi connectivity index (χ2n) is 6.55. The first-order valence-electron chi connectivity index (χ1n) is 8.93. The number of fused-ring (bicyclic) bond motifs is 1. The molecule has 6 nitrogen and oxygen atoms in total. The summed E-state index contributed by atoms with van der Waals surface area (Å²) in [4.78, 5) is 18.7. The third kappa shape index (κ3) is 3.67. The number of sulfonamides is 1. The molecule has 0 saturated heterocycles. The maximum Gasteiger partial charge on any atom is 0.258 e. The Balaban J connectivity index is 1.48. The van der Waals surface area contributed by atoms with Crippen molar-refractivity contribution >= 4 is 21.6 Å². The number of carbonyl (C=O) groups is 1. The highest BCUT2D eigenvalue weighted by Gasteiger charge is 2.25. The number of amides is 1. The van der Waals surface area contributed by atoms with Gasteiger partial charge in [0.25, 0.3) is 5.91 Å². The quantitative estimate of drug-likeness (QED) is 0.723. The molecule has 2 heterocycles. The highest BCUT2D eigenvalue weighted by molar-refractivity contribution is 7.89. The summed E-state index contributed by atoms with van der Waals surface area (Å²) in [5.74, 6) is -0.128. The van der Waals surface area contributed by atoms with Crippen LogP contribution in [0.2, 0.25) is 0 Å². The van der Waals surface area contributed by atoms with E-state index in [-0.39, 0.29) is 17.3 Å². The zero-order valence-corrected chi connectivity index (χ0v) is 15.9. The Kier molecular flexibility index (Phi) is 4.93. The van der Waals surface area contributed by atoms with Crippen LogP contribution in [0.4, 0.5) is 5.69 Å². The Hall–Kier alpha value is -3.03. The van der Waals surface area contributed by atoms with Gasteiger partial charge in [0.1, 0.15) is 0 Å². The molecular formula is C21H19N3O3S. The highest BCUT2D eigenvalue weighted by Crippen LogP contribution is 2.29. The number of anilines is 1. The maximum absolute atomic E-state index is 12.8. The summed E-state index contributed by atoms with van der Waals surface area (Å²) >= 11 is 0. The van der Waals surface area contributed by atoms with Crippen molar-refractivity contribution in [3.63, 3.8) is 0 Å². The molecule has 3 aromatic rings. The molecule has 1 N–H and O–H groups in total. The number of pyridine rings is 1. The van der Waals surface area contributed by atoms with Gasteiger partial charge < -0.3 is 4.90 Å². The van der Waals surface area contributed by atoms with Crippen molar-refractivity contribution in [3.05, 3.63) is 89.7 Å². The average Bonchev–Trinajstić information content (AvgIpc) is 3.17. The van der Waals surface area contributed by atoms with Gasteiger partial charge in [-0.3, -0.25) is 9.78 Å². The van der Waals surface area contributed by atoms with Gasteiger partial charge in [-0.1, -0.05) is 24.3 Å². The molecule has 28 heavy (non-hydrogen) atoms. The minimum atomic E-state index is -3.67. The minimum Gasteiger partial charge on any atom is -0.308 e. The third-order valence-electron chi connectivity index (χ3n) is 4.73. The van der Waals surface area contributed by atoms with Crippen molar-refractivity contribution in [2.45, 2.75) is 17.9 Å². The molecule has 0 bridgehead atoms. The van der Waals surface area contributed by atoms with Gasteiger partial charge in [-0.15, -0.1) is 0 Å². The molecule has 1 aliphatic heterocycles. The molecule has 4 rings (SSSR count). The number of rotatable bonds is 5. The molecule has 1 aliphatic rings. The van der Waals surface area contributed by atoms with Gasteiger partial charge >= 0.3 is 0 Å². The lowest BCUT2D eigenvalue weighted by molar-refractivity contribution is 0.0989. The SMILES string of the molecule is O=C(c1ccc(S(=O)(=O)NCc2cccnc2)cc1)N1CCc2ccccc21. The van der Waals surface area contributed by atoms with Crippen LogP contribution in [0.15, 0.2) is 78.0 Å². The number of hydrogen-bond donors (Lipinski definition) is 1. The van der Waals surface area contributed by atoms with Crippen molar-refractivity contribution < 1.29 is 13.2 Å². The van der Waals surface area contributed by atoms with Crippen LogP contribution in [0.3, 0.4) is 0 Å². The largest absolute Gasteiger partial charge is 0.308 e. The van der Waals surface area contributed by atoms with Crippen LogP contribution in [-0.2, 0) is 23.0 Å². The molecule has 0 fully saturated rings. The molecular weight excluding hydrogens is 374 g/mol. The van der Waals surface area contributed by atoms with Crippen molar-refractivity contribution in [1.29, 1.82) is 0 Å². The summed E-state index contributed by atoms with van der Waals surface area (Å²) in [7, 11) is -3.67. The van der Waals surface area contributed by atoms with E-state index in [2.05, 4.69) is 9.71 Å². The minimum absolute atomic E-state index is 0.120. The first-order valence-corrected chi connectivity index (χ1v) is 10.4. The number of aromatic nitrogens is 1. The van der Waals surface area contributed by atoms with E-state index in [1.807, 2.05) is 24.3 Å². The Morgan fingerprint density at radius 3 is 2.57 bits per heavy atom. The molecule has 0 saturated carbocycles. The van der Waals surface area contributed by atoms with Crippen LogP contribution in [0, 0.1) is 0 Å². The van der Waals surface area contributed by atoms with E-state index >= 15 is 0 Å². The van der Waals surface area contributed by atoms with Crippen LogP contribution in [0.1, 0.15) is 21.5 Å². The van der Waals surface area contributed by atoms with Gasteiger partial charge in [0.05, 0.1) is 4.90 Å². The first kappa shape index (κ1) is 18.3. The van der Waals surface area contributed by atoms with Gasteiger partial charge in [-0.05, 0) is 53.9 Å². The highest BCUT2D eigenvalue weighted by atomic mass is 32.2. The maximum atomic E-state index is 12.8. The van der Waals surface area contributed by atoms with Crippen LogP contribution < -0.4 is 9.62 Å². The lowest BCUT2D eigenvalue weighted by atomic mass is 10.1. The molecule has 0 radical (unpaired) electrons. The van der Waals surface area contributed by atoms with Crippen molar-refractivity contribution in [2.24, 2.45) is 0 Å². The average molecular weight is 393 g/mol. The zero-order chi connectivity index (χ0) is 19.6. The first-order chi connectivity index (χ1) is 13.5. The van der Waals surface area contributed by atoms with E-state index in [9.17, 15) is 13.2 Å². The van der Waals surface area contributed by atoms with E-state index in [0.29, 0.717) is 12.1 Å². The fraction of sp³-hybridized carbons (Fsp3) is 0.143. The third-order valence-corrected chi connectivity index (χ3v) is 6.15. The van der Waals surface area contributed by atoms with Crippen LogP contribution in [-0.4, -0.2) is 25.9 Å². The van der Waals surface area contributed by atoms with Crippen molar-refractivity contribution in [2.75, 3.05) is 11.4 Å². The van der Waals surface area contributed by atoms with E-state index in [1.54, 1.807) is 41.6 Å². The van der Waals surface area contributed by atoms with Crippen LogP contribution in [0.25, 0.3) is 0 Å². The van der Waals surface area contributed by atoms with Crippen molar-refractivity contribution in [3.8, 4) is 0 Å². The Morgan fingerprint density at radius 1 is 1.04 bits per heavy atom. The van der Waals surface area contributed by atoms with Gasteiger partial charge in [0.2, 0.25) is 10.0 Å². The molecule has 0 aliphatic carbocycles. The van der Waals surface area contributed by atoms with Crippen LogP contribution >= 0.6 is 0 Å². The van der Waals surface area contributed by atoms with E-state index < -0.39 is 10.0 Å². The number of nitrogens with zero attached hydrogens (tertiary/aromatic N) is 2. The number of benzene rings is 2. The molecule has 0 spiro atoms. The summed E-state index contributed by atoms with van der Waals surface area (Å²) < 4.78 is 27.5. The monoisotopic (exact) mass is 393 g/mol. The standard InChI is InChI=1S/C21H19N3O3S/c25-21(24-13-11-17-5-1-2-6-20(17)24)18-7-9-19(10-8-18)28(26,27)23-15-16-4-3-12-22-14-16/h1-10,12,14,23H,11,13,15H2. The predicted molar refractivity (Wildman–Crippen MR) is 107 cm³/mol. The van der Waals surface area contributed by atoms with Gasteiger partial charge in [-0.2, -0.15) is 0 Å². The molecule has 0 atom stereocenters. The summed E-state index contributed by atoms with van der Waals surface area (Å²) in [6.45, 7) is 0.784. The lowest BCUT2D eigenvalue weighted by Gasteiger charge is -2.17. The van der Waals surface area contributed by atoms with E-state index in [1.165, 1.54) is 12.1 Å². The lowest BCUT2D eigenvalue weighted by Crippen LogP contribution is -2.29. The second kappa shape index (κ2) is 7.53. The van der Waals surface area contributed by atoms with E-state index in [4.69, 9.17) is 0 Å². The number of nitrogens with one attached hydrogen (secondary N) is 1. The Morgan fingerprint density at radius 2 is 1.82 bits per heavy atom. The fourth-order valence-corrected chi connectivity index (χ4v) is 4.26. The summed E-state index contributed by atoms with van der Waals surface area (Å²) in [5.41, 5.74) is 3.30. The number of carbonyl (C=O) groups excluding carboxylic acids is 1.